The summed E-state index contributed by atoms with van der Waals surface area (Å²) in [6.07, 6.45) is 1.59. The number of carbonyl (C=O) groups is 1. The molecule has 0 fully saturated rings. The average molecular weight is 270 g/mol. The van der Waals surface area contributed by atoms with Crippen LogP contribution in [0.3, 0.4) is 0 Å². The minimum absolute atomic E-state index is 0.253. The van der Waals surface area contributed by atoms with Gasteiger partial charge in [0.05, 0.1) is 6.21 Å². The van der Waals surface area contributed by atoms with E-state index in [-0.39, 0.29) is 11.7 Å². The average Bonchev–Trinajstić information content (AvgIpc) is 3.07. The molecule has 0 atom stereocenters. The summed E-state index contributed by atoms with van der Waals surface area (Å²) < 4.78 is 5.43. The van der Waals surface area contributed by atoms with Crippen molar-refractivity contribution in [2.75, 3.05) is 0 Å². The number of rotatable bonds is 3. The van der Waals surface area contributed by atoms with Crippen LogP contribution in [0, 0.1) is 0 Å². The van der Waals surface area contributed by atoms with E-state index in [9.17, 15) is 4.79 Å². The fourth-order valence-corrected chi connectivity index (χ4v) is 2.27. The van der Waals surface area contributed by atoms with E-state index in [1.54, 1.807) is 23.6 Å². The topological polar surface area (TPSA) is 54.6 Å². The predicted molar refractivity (Wildman–Crippen MR) is 75.6 cm³/mol. The minimum atomic E-state index is -0.359. The second-order valence-corrected chi connectivity index (χ2v) is 4.68. The molecule has 0 aliphatic rings. The van der Waals surface area contributed by atoms with Crippen molar-refractivity contribution in [3.63, 3.8) is 0 Å². The molecule has 5 heteroatoms. The van der Waals surface area contributed by atoms with E-state index in [1.807, 2.05) is 41.1 Å². The first-order chi connectivity index (χ1) is 9.33. The zero-order chi connectivity index (χ0) is 13.1. The third-order valence-electron chi connectivity index (χ3n) is 2.57. The van der Waals surface area contributed by atoms with E-state index in [0.29, 0.717) is 5.58 Å². The molecule has 2 heterocycles. The monoisotopic (exact) mass is 270 g/mol. The number of fused-ring (bicyclic) bond motifs is 1. The highest BCUT2D eigenvalue weighted by molar-refractivity contribution is 7.08. The van der Waals surface area contributed by atoms with Gasteiger partial charge in [0.2, 0.25) is 0 Å². The van der Waals surface area contributed by atoms with Crippen molar-refractivity contribution in [1.82, 2.24) is 5.43 Å². The van der Waals surface area contributed by atoms with Crippen LogP contribution in [0.25, 0.3) is 11.0 Å². The zero-order valence-corrected chi connectivity index (χ0v) is 10.7. The van der Waals surface area contributed by atoms with Crippen LogP contribution in [0.4, 0.5) is 0 Å². The van der Waals surface area contributed by atoms with Gasteiger partial charge in [0.1, 0.15) is 5.58 Å². The first kappa shape index (κ1) is 11.7. The Kier molecular flexibility index (Phi) is 3.12. The third-order valence-corrected chi connectivity index (χ3v) is 3.27. The van der Waals surface area contributed by atoms with E-state index >= 15 is 0 Å². The summed E-state index contributed by atoms with van der Waals surface area (Å²) >= 11 is 1.58. The number of hydrogen-bond donors (Lipinski definition) is 1. The maximum Gasteiger partial charge on any atom is 0.307 e. The van der Waals surface area contributed by atoms with Gasteiger partial charge in [-0.1, -0.05) is 18.2 Å². The quantitative estimate of drug-likeness (QED) is 0.586. The fraction of sp³-hybridized carbons (Fsp3) is 0. The van der Waals surface area contributed by atoms with Crippen molar-refractivity contribution < 1.29 is 9.21 Å². The van der Waals surface area contributed by atoms with Crippen molar-refractivity contribution >= 4 is 34.4 Å². The van der Waals surface area contributed by atoms with Gasteiger partial charge < -0.3 is 4.42 Å². The molecule has 0 spiro atoms. The lowest BCUT2D eigenvalue weighted by Gasteiger charge is -1.93. The molecule has 0 unspecified atom stereocenters. The largest absolute Gasteiger partial charge is 0.451 e. The van der Waals surface area contributed by atoms with Crippen LogP contribution in [-0.4, -0.2) is 12.1 Å². The molecule has 1 aromatic carbocycles. The van der Waals surface area contributed by atoms with Crippen LogP contribution in [0.1, 0.15) is 16.1 Å². The highest BCUT2D eigenvalue weighted by Crippen LogP contribution is 2.18. The van der Waals surface area contributed by atoms with Crippen molar-refractivity contribution in [3.05, 3.63) is 58.5 Å². The SMILES string of the molecule is O=C(NN=Cc1ccsc1)c1cc2ccccc2o1. The molecule has 3 rings (SSSR count). The molecule has 0 bridgehead atoms. The summed E-state index contributed by atoms with van der Waals surface area (Å²) in [4.78, 5) is 11.8. The smallest absolute Gasteiger partial charge is 0.307 e. The summed E-state index contributed by atoms with van der Waals surface area (Å²) in [6.45, 7) is 0. The summed E-state index contributed by atoms with van der Waals surface area (Å²) in [5.41, 5.74) is 4.08. The van der Waals surface area contributed by atoms with Crippen LogP contribution < -0.4 is 5.43 Å². The molecule has 3 aromatic rings. The third kappa shape index (κ3) is 2.56. The van der Waals surface area contributed by atoms with Crippen LogP contribution in [-0.2, 0) is 0 Å². The number of carbonyl (C=O) groups excluding carboxylic acids is 1. The van der Waals surface area contributed by atoms with Gasteiger partial charge in [-0.15, -0.1) is 0 Å². The maximum atomic E-state index is 11.8. The fourth-order valence-electron chi connectivity index (χ4n) is 1.66. The molecule has 94 valence electrons. The first-order valence-corrected chi connectivity index (χ1v) is 6.61. The molecule has 1 amide bonds. The Morgan fingerprint density at radius 1 is 1.32 bits per heavy atom. The number of nitrogens with zero attached hydrogens (tertiary/aromatic N) is 1. The Bertz CT molecular complexity index is 696. The van der Waals surface area contributed by atoms with Gasteiger partial charge >= 0.3 is 5.91 Å². The number of hydrazone groups is 1. The summed E-state index contributed by atoms with van der Waals surface area (Å²) in [5.74, 6) is -0.105. The highest BCUT2D eigenvalue weighted by atomic mass is 32.1. The lowest BCUT2D eigenvalue weighted by Crippen LogP contribution is -2.16. The van der Waals surface area contributed by atoms with Gasteiger partial charge in [-0.25, -0.2) is 5.43 Å². The Balaban J connectivity index is 1.73. The molecular formula is C14H10N2O2S. The van der Waals surface area contributed by atoms with Gasteiger partial charge in [-0.2, -0.15) is 16.4 Å². The van der Waals surface area contributed by atoms with Crippen molar-refractivity contribution in [1.29, 1.82) is 0 Å². The molecule has 4 nitrogen and oxygen atoms in total. The number of nitrogens with one attached hydrogen (secondary N) is 1. The summed E-state index contributed by atoms with van der Waals surface area (Å²) in [7, 11) is 0. The van der Waals surface area contributed by atoms with Gasteiger partial charge in [0.15, 0.2) is 5.76 Å². The number of amides is 1. The standard InChI is InChI=1S/C14H10N2O2S/c17-14(16-15-8-10-5-6-19-9-10)13-7-11-3-1-2-4-12(11)18-13/h1-9H,(H,16,17). The predicted octanol–water partition coefficient (Wildman–Crippen LogP) is 3.26. The number of thiophene rings is 1. The van der Waals surface area contributed by atoms with Gasteiger partial charge in [0.25, 0.3) is 0 Å². The van der Waals surface area contributed by atoms with Crippen LogP contribution >= 0.6 is 11.3 Å². The minimum Gasteiger partial charge on any atom is -0.451 e. The van der Waals surface area contributed by atoms with E-state index in [1.165, 1.54) is 0 Å². The van der Waals surface area contributed by atoms with E-state index < -0.39 is 0 Å². The Morgan fingerprint density at radius 2 is 2.21 bits per heavy atom. The number of hydrogen-bond acceptors (Lipinski definition) is 4. The summed E-state index contributed by atoms with van der Waals surface area (Å²) in [5, 5.41) is 8.67. The Hall–Kier alpha value is -2.40. The molecule has 2 aromatic heterocycles. The molecule has 1 N–H and O–H groups in total. The van der Waals surface area contributed by atoms with Crippen molar-refractivity contribution in [2.45, 2.75) is 0 Å². The molecule has 0 radical (unpaired) electrons. The lowest BCUT2D eigenvalue weighted by atomic mass is 10.2. The lowest BCUT2D eigenvalue weighted by molar-refractivity contribution is 0.0929. The molecule has 0 aliphatic carbocycles. The molecule has 0 saturated heterocycles. The number of furan rings is 1. The number of benzene rings is 1. The van der Waals surface area contributed by atoms with Crippen LogP contribution in [0.15, 0.2) is 56.7 Å². The molecular weight excluding hydrogens is 260 g/mol. The number of para-hydroxylation sites is 1. The van der Waals surface area contributed by atoms with Gasteiger partial charge in [-0.05, 0) is 29.0 Å². The van der Waals surface area contributed by atoms with E-state index in [0.717, 1.165) is 10.9 Å². The second kappa shape index (κ2) is 5.07. The molecule has 0 aliphatic heterocycles. The normalized spacial score (nSPS) is 11.2. The van der Waals surface area contributed by atoms with Crippen LogP contribution in [0.2, 0.25) is 0 Å². The van der Waals surface area contributed by atoms with E-state index in [4.69, 9.17) is 4.42 Å². The molecule has 19 heavy (non-hydrogen) atoms. The van der Waals surface area contributed by atoms with Crippen LogP contribution in [0.5, 0.6) is 0 Å². The van der Waals surface area contributed by atoms with E-state index in [2.05, 4.69) is 10.5 Å². The maximum absolute atomic E-state index is 11.8. The first-order valence-electron chi connectivity index (χ1n) is 5.67. The second-order valence-electron chi connectivity index (χ2n) is 3.90. The summed E-state index contributed by atoms with van der Waals surface area (Å²) in [6, 6.07) is 11.1. The Labute approximate surface area is 113 Å². The van der Waals surface area contributed by atoms with Crippen molar-refractivity contribution in [3.8, 4) is 0 Å². The van der Waals surface area contributed by atoms with Gasteiger partial charge in [-0.3, -0.25) is 4.79 Å². The zero-order valence-electron chi connectivity index (χ0n) is 9.87. The van der Waals surface area contributed by atoms with Crippen molar-refractivity contribution in [2.24, 2.45) is 5.10 Å². The molecule has 0 saturated carbocycles. The Morgan fingerprint density at radius 3 is 3.00 bits per heavy atom. The van der Waals surface area contributed by atoms with Gasteiger partial charge in [0, 0.05) is 10.9 Å². The highest BCUT2D eigenvalue weighted by Gasteiger charge is 2.10.